The van der Waals surface area contributed by atoms with Crippen LogP contribution in [-0.2, 0) is 33.0 Å². The molecule has 5 aromatic rings. The zero-order chi connectivity index (χ0) is 41.7. The standard InChI is InChI=1S/C48H53N3O7Si/c1-33-45(59(4,5)40-24-22-39(57-3)23-25-40)43(26-27-44(53)50(28-29-52)31-34-12-7-6-8-13-34)58-48(33)41-16-9-10-17-42(41)51(47(48)55)32-35-14-11-15-37(30-35)49-46(54)36-18-20-38(56-2)21-19-36/h6-25,30,33,43,45,52H,26-29,31-32H2,1-5H3,(H,49,54). The Bertz CT molecular complexity index is 2270. The molecular weight excluding hydrogens is 759 g/mol. The van der Waals surface area contributed by atoms with Gasteiger partial charge in [0.15, 0.2) is 5.60 Å². The Balaban J connectivity index is 1.19. The predicted octanol–water partition coefficient (Wildman–Crippen LogP) is 7.52. The highest BCUT2D eigenvalue weighted by Gasteiger charge is 2.66. The number of benzene rings is 5. The highest BCUT2D eigenvalue weighted by Crippen LogP contribution is 2.60. The van der Waals surface area contributed by atoms with Gasteiger partial charge >= 0.3 is 0 Å². The van der Waals surface area contributed by atoms with Crippen LogP contribution >= 0.6 is 0 Å². The Morgan fingerprint density at radius 3 is 2.17 bits per heavy atom. The molecule has 0 saturated carbocycles. The van der Waals surface area contributed by atoms with Gasteiger partial charge in [-0.15, -0.1) is 0 Å². The summed E-state index contributed by atoms with van der Waals surface area (Å²) in [6.07, 6.45) is 0.224. The Morgan fingerprint density at radius 1 is 0.847 bits per heavy atom. The molecule has 306 valence electrons. The van der Waals surface area contributed by atoms with Crippen LogP contribution in [0, 0.1) is 5.92 Å². The van der Waals surface area contributed by atoms with Crippen molar-refractivity contribution in [2.75, 3.05) is 37.6 Å². The van der Waals surface area contributed by atoms with E-state index in [1.165, 1.54) is 5.19 Å². The number of fused-ring (bicyclic) bond motifs is 2. The largest absolute Gasteiger partial charge is 0.497 e. The first-order chi connectivity index (χ1) is 28.5. The highest BCUT2D eigenvalue weighted by atomic mass is 28.3. The number of nitrogens with one attached hydrogen (secondary N) is 1. The summed E-state index contributed by atoms with van der Waals surface area (Å²) in [7, 11) is 0.793. The molecule has 4 unspecified atom stereocenters. The normalized spacial score (nSPS) is 19.7. The van der Waals surface area contributed by atoms with E-state index in [1.54, 1.807) is 43.4 Å². The van der Waals surface area contributed by atoms with Crippen molar-refractivity contribution >= 4 is 42.4 Å². The van der Waals surface area contributed by atoms with E-state index in [0.29, 0.717) is 30.0 Å². The third-order valence-corrected chi connectivity index (χ3v) is 16.6. The number of hydrogen-bond acceptors (Lipinski definition) is 7. The van der Waals surface area contributed by atoms with E-state index in [-0.39, 0.29) is 55.3 Å². The number of para-hydroxylation sites is 1. The van der Waals surface area contributed by atoms with Gasteiger partial charge in [0.2, 0.25) is 5.91 Å². The molecule has 4 atom stereocenters. The molecule has 3 amide bonds. The molecule has 59 heavy (non-hydrogen) atoms. The smallest absolute Gasteiger partial charge is 0.264 e. The van der Waals surface area contributed by atoms with Crippen molar-refractivity contribution < 1.29 is 33.7 Å². The minimum absolute atomic E-state index is 0.0439. The Labute approximate surface area is 347 Å². The fraction of sp³-hybridized carbons (Fsp3) is 0.312. The monoisotopic (exact) mass is 811 g/mol. The average molecular weight is 812 g/mol. The molecule has 7 rings (SSSR count). The lowest BCUT2D eigenvalue weighted by Gasteiger charge is -2.37. The van der Waals surface area contributed by atoms with E-state index in [0.717, 1.165) is 28.1 Å². The number of methoxy groups -OCH3 is 2. The molecule has 11 heteroatoms. The van der Waals surface area contributed by atoms with Crippen LogP contribution < -0.4 is 24.9 Å². The number of anilines is 2. The van der Waals surface area contributed by atoms with E-state index < -0.39 is 19.8 Å². The summed E-state index contributed by atoms with van der Waals surface area (Å²) in [4.78, 5) is 45.9. The number of rotatable bonds is 15. The first-order valence-electron chi connectivity index (χ1n) is 20.2. The molecule has 0 aliphatic carbocycles. The summed E-state index contributed by atoms with van der Waals surface area (Å²) in [6.45, 7) is 7.55. The summed E-state index contributed by atoms with van der Waals surface area (Å²) in [5.41, 5.74) is 3.24. The molecule has 0 aromatic heterocycles. The van der Waals surface area contributed by atoms with Crippen molar-refractivity contribution in [1.29, 1.82) is 0 Å². The second kappa shape index (κ2) is 17.6. The highest BCUT2D eigenvalue weighted by molar-refractivity contribution is 6.91. The van der Waals surface area contributed by atoms with Gasteiger partial charge in [-0.2, -0.15) is 0 Å². The number of carbonyl (C=O) groups excluding carboxylic acids is 3. The summed E-state index contributed by atoms with van der Waals surface area (Å²) in [5, 5.41) is 14.1. The fourth-order valence-corrected chi connectivity index (χ4v) is 13.3. The van der Waals surface area contributed by atoms with E-state index in [1.807, 2.05) is 95.9 Å². The number of nitrogens with zero attached hydrogens (tertiary/aromatic N) is 2. The average Bonchev–Trinajstić information content (AvgIpc) is 3.69. The van der Waals surface area contributed by atoms with Gasteiger partial charge in [0.1, 0.15) is 11.5 Å². The lowest BCUT2D eigenvalue weighted by molar-refractivity contribution is -0.146. The van der Waals surface area contributed by atoms with E-state index in [2.05, 4.69) is 37.5 Å². The zero-order valence-corrected chi connectivity index (χ0v) is 35.4. The molecule has 0 bridgehead atoms. The van der Waals surface area contributed by atoms with Crippen molar-refractivity contribution in [2.45, 2.75) is 63.2 Å². The molecule has 2 aliphatic rings. The third kappa shape index (κ3) is 8.28. The molecule has 2 N–H and O–H groups in total. The van der Waals surface area contributed by atoms with Crippen molar-refractivity contribution in [3.8, 4) is 11.5 Å². The fourth-order valence-electron chi connectivity index (χ4n) is 9.21. The van der Waals surface area contributed by atoms with Crippen molar-refractivity contribution in [1.82, 2.24) is 4.90 Å². The number of amides is 3. The van der Waals surface area contributed by atoms with E-state index in [9.17, 15) is 14.7 Å². The maximum Gasteiger partial charge on any atom is 0.264 e. The minimum Gasteiger partial charge on any atom is -0.497 e. The van der Waals surface area contributed by atoms with Crippen molar-refractivity contribution in [2.24, 2.45) is 5.92 Å². The quantitative estimate of drug-likeness (QED) is 0.105. The zero-order valence-electron chi connectivity index (χ0n) is 34.4. The molecule has 0 radical (unpaired) electrons. The molecule has 10 nitrogen and oxygen atoms in total. The maximum absolute atomic E-state index is 15.3. The van der Waals surface area contributed by atoms with Crippen LogP contribution in [0.5, 0.6) is 11.5 Å². The van der Waals surface area contributed by atoms with Gasteiger partial charge < -0.3 is 34.4 Å². The molecule has 2 heterocycles. The Hall–Kier alpha value is -5.75. The molecule has 5 aromatic carbocycles. The SMILES string of the molecule is COc1ccc(C(=O)Nc2cccc(CN3C(=O)C4(OC(CCC(=O)N(CCO)Cc5ccccc5)C([Si](C)(C)c5ccc(OC)cc5)C4C)c4ccccc43)c2)cc1. The first-order valence-corrected chi connectivity index (χ1v) is 23.3. The van der Waals surface area contributed by atoms with Crippen LogP contribution in [0.25, 0.3) is 0 Å². The first kappa shape index (κ1) is 41.4. The number of aliphatic hydroxyl groups is 1. The second-order valence-electron chi connectivity index (χ2n) is 16.0. The van der Waals surface area contributed by atoms with Crippen LogP contribution in [0.15, 0.2) is 127 Å². The van der Waals surface area contributed by atoms with Gasteiger partial charge in [-0.25, -0.2) is 0 Å². The van der Waals surface area contributed by atoms with Gasteiger partial charge in [0.05, 0.1) is 47.2 Å². The van der Waals surface area contributed by atoms with E-state index in [4.69, 9.17) is 14.2 Å². The Kier molecular flexibility index (Phi) is 12.4. The lowest BCUT2D eigenvalue weighted by atomic mass is 9.82. The maximum atomic E-state index is 15.3. The second-order valence-corrected chi connectivity index (χ2v) is 20.7. The van der Waals surface area contributed by atoms with Crippen LogP contribution in [0.3, 0.4) is 0 Å². The topological polar surface area (TPSA) is 118 Å². The minimum atomic E-state index is -2.44. The van der Waals surface area contributed by atoms with Crippen molar-refractivity contribution in [3.05, 3.63) is 150 Å². The summed E-state index contributed by atoms with van der Waals surface area (Å²) in [6, 6.07) is 40.4. The van der Waals surface area contributed by atoms with Gasteiger partial charge in [-0.3, -0.25) is 14.4 Å². The molecule has 1 saturated heterocycles. The number of aliphatic hydroxyl groups excluding tert-OH is 1. The van der Waals surface area contributed by atoms with Crippen LogP contribution in [-0.4, -0.2) is 69.3 Å². The van der Waals surface area contributed by atoms with Gasteiger partial charge in [-0.1, -0.05) is 98.0 Å². The van der Waals surface area contributed by atoms with Gasteiger partial charge in [-0.05, 0) is 77.7 Å². The molecular formula is C48H53N3O7Si. The Morgan fingerprint density at radius 2 is 1.49 bits per heavy atom. The van der Waals surface area contributed by atoms with Crippen LogP contribution in [0.1, 0.15) is 46.8 Å². The van der Waals surface area contributed by atoms with Crippen LogP contribution in [0.4, 0.5) is 11.4 Å². The number of ether oxygens (including phenoxy) is 3. The van der Waals surface area contributed by atoms with Gasteiger partial charge in [0, 0.05) is 42.2 Å². The predicted molar refractivity (Wildman–Crippen MR) is 233 cm³/mol. The summed E-state index contributed by atoms with van der Waals surface area (Å²) in [5.74, 6) is 0.745. The summed E-state index contributed by atoms with van der Waals surface area (Å²) < 4.78 is 18.0. The molecule has 2 aliphatic heterocycles. The summed E-state index contributed by atoms with van der Waals surface area (Å²) >= 11 is 0. The molecule has 1 fully saturated rings. The van der Waals surface area contributed by atoms with Crippen LogP contribution in [0.2, 0.25) is 18.6 Å². The van der Waals surface area contributed by atoms with Crippen molar-refractivity contribution in [3.63, 3.8) is 0 Å². The lowest BCUT2D eigenvalue weighted by Crippen LogP contribution is -2.51. The van der Waals surface area contributed by atoms with E-state index >= 15 is 4.79 Å². The van der Waals surface area contributed by atoms with Gasteiger partial charge in [0.25, 0.3) is 11.8 Å². The number of hydrogen-bond donors (Lipinski definition) is 2. The third-order valence-electron chi connectivity index (χ3n) is 12.2. The number of carbonyl (C=O) groups is 3. The molecule has 1 spiro atoms.